The van der Waals surface area contributed by atoms with Crippen LogP contribution in [0.25, 0.3) is 0 Å². The van der Waals surface area contributed by atoms with E-state index in [9.17, 15) is 4.79 Å². The van der Waals surface area contributed by atoms with Gasteiger partial charge in [-0.15, -0.1) is 0 Å². The van der Waals surface area contributed by atoms with Crippen LogP contribution >= 0.6 is 0 Å². The summed E-state index contributed by atoms with van der Waals surface area (Å²) in [6.07, 6.45) is 2.13. The number of hydrogen-bond acceptors (Lipinski definition) is 3. The normalized spacial score (nSPS) is 15.8. The zero-order chi connectivity index (χ0) is 8.81. The summed E-state index contributed by atoms with van der Waals surface area (Å²) in [6, 6.07) is 1.92. The lowest BCUT2D eigenvalue weighted by Gasteiger charge is -2.13. The lowest BCUT2D eigenvalue weighted by Crippen LogP contribution is -2.28. The van der Waals surface area contributed by atoms with Crippen molar-refractivity contribution < 1.29 is 9.53 Å². The molecule has 1 aliphatic heterocycles. The van der Waals surface area contributed by atoms with Crippen molar-refractivity contribution in [3.8, 4) is 6.07 Å². The van der Waals surface area contributed by atoms with E-state index in [0.29, 0.717) is 0 Å². The molecule has 1 fully saturated rings. The molecule has 0 N–H and O–H groups in total. The monoisotopic (exact) mass is 168 g/mol. The maximum absolute atomic E-state index is 11.1. The second-order valence-corrected chi connectivity index (χ2v) is 2.72. The first-order chi connectivity index (χ1) is 5.84. The minimum absolute atomic E-state index is 0.214. The maximum atomic E-state index is 11.1. The van der Waals surface area contributed by atoms with Crippen molar-refractivity contribution in [1.29, 1.82) is 5.26 Å². The van der Waals surface area contributed by atoms with Gasteiger partial charge in [0.1, 0.15) is 6.61 Å². The van der Waals surface area contributed by atoms with Gasteiger partial charge < -0.3 is 9.64 Å². The summed E-state index contributed by atoms with van der Waals surface area (Å²) < 4.78 is 4.83. The van der Waals surface area contributed by atoms with Crippen LogP contribution in [-0.4, -0.2) is 30.7 Å². The largest absolute Gasteiger partial charge is 0.448 e. The van der Waals surface area contributed by atoms with Gasteiger partial charge in [-0.1, -0.05) is 0 Å². The summed E-state index contributed by atoms with van der Waals surface area (Å²) >= 11 is 0. The number of carbonyl (C=O) groups is 1. The van der Waals surface area contributed by atoms with E-state index < -0.39 is 0 Å². The van der Waals surface area contributed by atoms with Crippen molar-refractivity contribution >= 4 is 6.09 Å². The number of likely N-dealkylation sites (tertiary alicyclic amines) is 1. The SMILES string of the molecule is N#CCCOC(=O)N1CCCC1. The van der Waals surface area contributed by atoms with E-state index in [2.05, 4.69) is 0 Å². The molecule has 1 heterocycles. The van der Waals surface area contributed by atoms with Crippen LogP contribution in [0, 0.1) is 11.3 Å². The Morgan fingerprint density at radius 2 is 2.17 bits per heavy atom. The first-order valence-electron chi connectivity index (χ1n) is 4.13. The molecule has 1 aliphatic rings. The topological polar surface area (TPSA) is 53.3 Å². The Labute approximate surface area is 71.7 Å². The zero-order valence-electron chi connectivity index (χ0n) is 6.95. The summed E-state index contributed by atoms with van der Waals surface area (Å²) in [5.41, 5.74) is 0. The molecule has 0 unspecified atom stereocenters. The minimum atomic E-state index is -0.275. The van der Waals surface area contributed by atoms with Crippen LogP contribution in [0.3, 0.4) is 0 Å². The van der Waals surface area contributed by atoms with Crippen molar-refractivity contribution in [2.45, 2.75) is 19.3 Å². The Morgan fingerprint density at radius 3 is 2.75 bits per heavy atom. The van der Waals surface area contributed by atoms with Crippen LogP contribution < -0.4 is 0 Å². The molecule has 4 heteroatoms. The summed E-state index contributed by atoms with van der Waals surface area (Å²) in [5, 5.41) is 8.19. The van der Waals surface area contributed by atoms with Crippen molar-refractivity contribution in [2.24, 2.45) is 0 Å². The fourth-order valence-electron chi connectivity index (χ4n) is 1.17. The van der Waals surface area contributed by atoms with Crippen LogP contribution in [0.15, 0.2) is 0 Å². The van der Waals surface area contributed by atoms with Gasteiger partial charge in [0.05, 0.1) is 12.5 Å². The molecule has 0 aliphatic carbocycles. The highest BCUT2D eigenvalue weighted by atomic mass is 16.6. The summed E-state index contributed by atoms with van der Waals surface area (Å²) in [6.45, 7) is 1.81. The number of nitrogens with zero attached hydrogens (tertiary/aromatic N) is 2. The van der Waals surface area contributed by atoms with E-state index in [4.69, 9.17) is 10.00 Å². The summed E-state index contributed by atoms with van der Waals surface area (Å²) in [7, 11) is 0. The van der Waals surface area contributed by atoms with E-state index in [1.807, 2.05) is 6.07 Å². The summed E-state index contributed by atoms with van der Waals surface area (Å²) in [4.78, 5) is 12.8. The van der Waals surface area contributed by atoms with Crippen molar-refractivity contribution in [2.75, 3.05) is 19.7 Å². The van der Waals surface area contributed by atoms with Crippen LogP contribution in [0.1, 0.15) is 19.3 Å². The van der Waals surface area contributed by atoms with Gasteiger partial charge in [0.2, 0.25) is 0 Å². The Bertz CT molecular complexity index is 192. The predicted octanol–water partition coefficient (Wildman–Crippen LogP) is 1.13. The summed E-state index contributed by atoms with van der Waals surface area (Å²) in [5.74, 6) is 0. The van der Waals surface area contributed by atoms with Gasteiger partial charge in [0, 0.05) is 13.1 Å². The lowest BCUT2D eigenvalue weighted by atomic mass is 10.4. The highest BCUT2D eigenvalue weighted by Crippen LogP contribution is 2.08. The number of nitriles is 1. The fraction of sp³-hybridized carbons (Fsp3) is 0.750. The first kappa shape index (κ1) is 8.85. The number of amides is 1. The first-order valence-corrected chi connectivity index (χ1v) is 4.13. The van der Waals surface area contributed by atoms with Gasteiger partial charge in [-0.25, -0.2) is 4.79 Å². The highest BCUT2D eigenvalue weighted by molar-refractivity contribution is 5.67. The molecule has 66 valence electrons. The average molecular weight is 168 g/mol. The van der Waals surface area contributed by atoms with Gasteiger partial charge >= 0.3 is 6.09 Å². The molecule has 0 aromatic rings. The van der Waals surface area contributed by atoms with Crippen LogP contribution in [-0.2, 0) is 4.74 Å². The molecule has 12 heavy (non-hydrogen) atoms. The van der Waals surface area contributed by atoms with Crippen molar-refractivity contribution in [3.05, 3.63) is 0 Å². The van der Waals surface area contributed by atoms with Crippen molar-refractivity contribution in [1.82, 2.24) is 4.90 Å². The van der Waals surface area contributed by atoms with Crippen molar-refractivity contribution in [3.63, 3.8) is 0 Å². The van der Waals surface area contributed by atoms with E-state index in [0.717, 1.165) is 25.9 Å². The number of ether oxygens (including phenoxy) is 1. The number of hydrogen-bond donors (Lipinski definition) is 0. The minimum Gasteiger partial charge on any atom is -0.448 e. The van der Waals surface area contributed by atoms with Gasteiger partial charge in [-0.2, -0.15) is 5.26 Å². The van der Waals surface area contributed by atoms with Gasteiger partial charge in [0.15, 0.2) is 0 Å². The quantitative estimate of drug-likeness (QED) is 0.581. The van der Waals surface area contributed by atoms with Gasteiger partial charge in [-0.05, 0) is 12.8 Å². The molecule has 1 amide bonds. The Balaban J connectivity index is 2.15. The third kappa shape index (κ3) is 2.42. The van der Waals surface area contributed by atoms with Crippen LogP contribution in [0.2, 0.25) is 0 Å². The maximum Gasteiger partial charge on any atom is 0.409 e. The van der Waals surface area contributed by atoms with E-state index >= 15 is 0 Å². The fourth-order valence-corrected chi connectivity index (χ4v) is 1.17. The molecule has 0 bridgehead atoms. The Kier molecular flexibility index (Phi) is 3.39. The second-order valence-electron chi connectivity index (χ2n) is 2.72. The smallest absolute Gasteiger partial charge is 0.409 e. The Morgan fingerprint density at radius 1 is 1.50 bits per heavy atom. The third-order valence-electron chi connectivity index (χ3n) is 1.80. The van der Waals surface area contributed by atoms with E-state index in [1.165, 1.54) is 0 Å². The molecular weight excluding hydrogens is 156 g/mol. The van der Waals surface area contributed by atoms with E-state index in [-0.39, 0.29) is 19.1 Å². The van der Waals surface area contributed by atoms with Gasteiger partial charge in [-0.3, -0.25) is 0 Å². The molecule has 0 aromatic carbocycles. The number of carbonyl (C=O) groups excluding carboxylic acids is 1. The standard InChI is InChI=1S/C8H12N2O2/c9-4-3-7-12-8(11)10-5-1-2-6-10/h1-3,5-7H2. The molecular formula is C8H12N2O2. The molecule has 0 radical (unpaired) electrons. The second kappa shape index (κ2) is 4.60. The zero-order valence-corrected chi connectivity index (χ0v) is 6.95. The third-order valence-corrected chi connectivity index (χ3v) is 1.80. The Hall–Kier alpha value is -1.24. The molecule has 1 saturated heterocycles. The molecule has 4 nitrogen and oxygen atoms in total. The van der Waals surface area contributed by atoms with E-state index in [1.54, 1.807) is 4.90 Å². The van der Waals surface area contributed by atoms with Gasteiger partial charge in [0.25, 0.3) is 0 Å². The van der Waals surface area contributed by atoms with Crippen LogP contribution in [0.5, 0.6) is 0 Å². The predicted molar refractivity (Wildman–Crippen MR) is 42.4 cm³/mol. The average Bonchev–Trinajstić information content (AvgIpc) is 2.56. The molecule has 0 atom stereocenters. The molecule has 0 saturated carbocycles. The molecule has 0 aromatic heterocycles. The highest BCUT2D eigenvalue weighted by Gasteiger charge is 2.18. The number of rotatable bonds is 2. The van der Waals surface area contributed by atoms with Crippen LogP contribution in [0.4, 0.5) is 4.79 Å². The lowest BCUT2D eigenvalue weighted by molar-refractivity contribution is 0.113. The molecule has 0 spiro atoms. The molecule has 1 rings (SSSR count).